The Morgan fingerprint density at radius 2 is 2.33 bits per heavy atom. The van der Waals surface area contributed by atoms with E-state index in [1.807, 2.05) is 0 Å². The van der Waals surface area contributed by atoms with Crippen LogP contribution in [0.2, 0.25) is 0 Å². The van der Waals surface area contributed by atoms with Crippen LogP contribution >= 0.6 is 0 Å². The summed E-state index contributed by atoms with van der Waals surface area (Å²) >= 11 is 0. The van der Waals surface area contributed by atoms with Crippen molar-refractivity contribution in [3.8, 4) is 0 Å². The van der Waals surface area contributed by atoms with E-state index in [0.29, 0.717) is 13.1 Å². The first-order valence-electron chi connectivity index (χ1n) is 2.79. The molecule has 0 fully saturated rings. The summed E-state index contributed by atoms with van der Waals surface area (Å²) in [5.41, 5.74) is 5.08. The van der Waals surface area contributed by atoms with Crippen molar-refractivity contribution in [2.24, 2.45) is 5.73 Å². The molecule has 4 nitrogen and oxygen atoms in total. The molecule has 4 heteroatoms. The number of nitrogens with two attached hydrogens (primary N) is 1. The zero-order chi connectivity index (χ0) is 7.28. The Hall–Kier alpha value is -0.610. The van der Waals surface area contributed by atoms with E-state index >= 15 is 0 Å². The second-order valence-electron chi connectivity index (χ2n) is 1.99. The van der Waals surface area contributed by atoms with Crippen LogP contribution in [0.25, 0.3) is 0 Å². The first-order valence-corrected chi connectivity index (χ1v) is 2.79. The molecule has 54 valence electrons. The molecule has 0 heterocycles. The van der Waals surface area contributed by atoms with Crippen LogP contribution in [0.4, 0.5) is 0 Å². The quantitative estimate of drug-likeness (QED) is 0.333. The van der Waals surface area contributed by atoms with Gasteiger partial charge in [-0.1, -0.05) is 0 Å². The largest absolute Gasteiger partial charge is 0.395 e. The second kappa shape index (κ2) is 4.29. The summed E-state index contributed by atoms with van der Waals surface area (Å²) in [6.45, 7) is 1.11. The molecule has 0 rings (SSSR count). The number of amidine groups is 1. The highest BCUT2D eigenvalue weighted by molar-refractivity contribution is 5.78. The molecule has 0 aliphatic carbocycles. The Morgan fingerprint density at radius 1 is 1.78 bits per heavy atom. The number of rotatable bonds is 4. The van der Waals surface area contributed by atoms with Gasteiger partial charge in [0, 0.05) is 6.54 Å². The number of aliphatic hydroxyl groups is 1. The predicted octanol–water partition coefficient (Wildman–Crippen LogP) is -1.15. The van der Waals surface area contributed by atoms with Gasteiger partial charge in [0.25, 0.3) is 0 Å². The van der Waals surface area contributed by atoms with Crippen LogP contribution in [0, 0.1) is 5.41 Å². The van der Waals surface area contributed by atoms with Crippen LogP contribution in [0.5, 0.6) is 0 Å². The maximum atomic E-state index is 8.40. The minimum absolute atomic E-state index is 0.115. The molecule has 9 heavy (non-hydrogen) atoms. The Morgan fingerprint density at radius 3 is 2.67 bits per heavy atom. The molecule has 4 N–H and O–H groups in total. The molecule has 0 saturated heterocycles. The van der Waals surface area contributed by atoms with Gasteiger partial charge in [-0.05, 0) is 7.05 Å². The lowest BCUT2D eigenvalue weighted by Crippen LogP contribution is -2.32. The van der Waals surface area contributed by atoms with Gasteiger partial charge in [-0.25, -0.2) is 0 Å². The van der Waals surface area contributed by atoms with Crippen LogP contribution in [0.3, 0.4) is 0 Å². The molecule has 0 unspecified atom stereocenters. The molecule has 0 atom stereocenters. The van der Waals surface area contributed by atoms with Crippen molar-refractivity contribution in [2.45, 2.75) is 0 Å². The van der Waals surface area contributed by atoms with Crippen LogP contribution < -0.4 is 5.73 Å². The third kappa shape index (κ3) is 5.26. The van der Waals surface area contributed by atoms with Gasteiger partial charge >= 0.3 is 0 Å². The summed E-state index contributed by atoms with van der Waals surface area (Å²) in [6, 6.07) is 0. The van der Waals surface area contributed by atoms with Gasteiger partial charge in [0.15, 0.2) is 0 Å². The fourth-order valence-corrected chi connectivity index (χ4v) is 0.541. The Balaban J connectivity index is 3.26. The van der Waals surface area contributed by atoms with Gasteiger partial charge in [-0.15, -0.1) is 0 Å². The van der Waals surface area contributed by atoms with Crippen molar-refractivity contribution in [1.82, 2.24) is 4.90 Å². The molecule has 0 aliphatic rings. The van der Waals surface area contributed by atoms with E-state index in [2.05, 4.69) is 0 Å². The fraction of sp³-hybridized carbons (Fsp3) is 0.800. The smallest absolute Gasteiger partial charge is 0.105 e. The van der Waals surface area contributed by atoms with Crippen molar-refractivity contribution in [3.05, 3.63) is 0 Å². The first-order chi connectivity index (χ1) is 4.16. The van der Waals surface area contributed by atoms with Crippen LogP contribution in [-0.2, 0) is 0 Å². The number of aliphatic hydroxyl groups excluding tert-OH is 1. The van der Waals surface area contributed by atoms with Crippen LogP contribution in [0.15, 0.2) is 0 Å². The molecule has 0 aromatic rings. The molecule has 0 aromatic carbocycles. The first kappa shape index (κ1) is 8.39. The molecule has 0 amide bonds. The molecule has 0 spiro atoms. The highest BCUT2D eigenvalue weighted by Gasteiger charge is 1.96. The van der Waals surface area contributed by atoms with Gasteiger partial charge in [0.2, 0.25) is 0 Å². The number of nitrogens with one attached hydrogen (secondary N) is 1. The van der Waals surface area contributed by atoms with Crippen molar-refractivity contribution in [3.63, 3.8) is 0 Å². The highest BCUT2D eigenvalue weighted by atomic mass is 16.3. The van der Waals surface area contributed by atoms with E-state index in [1.165, 1.54) is 0 Å². The van der Waals surface area contributed by atoms with Crippen molar-refractivity contribution < 1.29 is 5.11 Å². The Bertz CT molecular complexity index is 94.2. The normalized spacial score (nSPS) is 10.1. The molecule has 0 saturated carbocycles. The summed E-state index contributed by atoms with van der Waals surface area (Å²) in [4.78, 5) is 1.78. The summed E-state index contributed by atoms with van der Waals surface area (Å²) in [7, 11) is 1.80. The third-order valence-electron chi connectivity index (χ3n) is 0.922. The van der Waals surface area contributed by atoms with Gasteiger partial charge in [0.05, 0.1) is 13.2 Å². The minimum Gasteiger partial charge on any atom is -0.395 e. The minimum atomic E-state index is 0.115. The van der Waals surface area contributed by atoms with E-state index in [9.17, 15) is 0 Å². The van der Waals surface area contributed by atoms with Gasteiger partial charge in [-0.2, -0.15) is 0 Å². The maximum Gasteiger partial charge on any atom is 0.105 e. The molecule has 0 aromatic heterocycles. The Labute approximate surface area is 54.8 Å². The van der Waals surface area contributed by atoms with E-state index in [0.717, 1.165) is 0 Å². The van der Waals surface area contributed by atoms with Crippen molar-refractivity contribution in [2.75, 3.05) is 26.7 Å². The van der Waals surface area contributed by atoms with Crippen molar-refractivity contribution in [1.29, 1.82) is 5.41 Å². The molecular weight excluding hydrogens is 118 g/mol. The average molecular weight is 131 g/mol. The van der Waals surface area contributed by atoms with E-state index in [-0.39, 0.29) is 12.4 Å². The molecule has 0 bridgehead atoms. The number of likely N-dealkylation sites (N-methyl/N-ethyl adjacent to an activating group) is 1. The SMILES string of the molecule is CN(CCO)CC(=N)N. The zero-order valence-corrected chi connectivity index (χ0v) is 5.59. The zero-order valence-electron chi connectivity index (χ0n) is 5.59. The van der Waals surface area contributed by atoms with Crippen LogP contribution in [0.1, 0.15) is 0 Å². The fourth-order valence-electron chi connectivity index (χ4n) is 0.541. The lowest BCUT2D eigenvalue weighted by Gasteiger charge is -2.12. The second-order valence-corrected chi connectivity index (χ2v) is 1.99. The van der Waals surface area contributed by atoms with Crippen molar-refractivity contribution >= 4 is 5.84 Å². The molecule has 0 aliphatic heterocycles. The van der Waals surface area contributed by atoms with Crippen LogP contribution in [-0.4, -0.2) is 42.6 Å². The summed E-state index contributed by atoms with van der Waals surface area (Å²) in [5.74, 6) is 0.131. The monoisotopic (exact) mass is 131 g/mol. The number of hydrogen-bond donors (Lipinski definition) is 3. The highest BCUT2D eigenvalue weighted by Crippen LogP contribution is 1.77. The van der Waals surface area contributed by atoms with E-state index in [1.54, 1.807) is 11.9 Å². The van der Waals surface area contributed by atoms with E-state index in [4.69, 9.17) is 16.2 Å². The summed E-state index contributed by atoms with van der Waals surface area (Å²) in [5, 5.41) is 15.3. The average Bonchev–Trinajstić information content (AvgIpc) is 1.63. The predicted molar refractivity (Wildman–Crippen MR) is 36.5 cm³/mol. The Kier molecular flexibility index (Phi) is 4.00. The molecule has 0 radical (unpaired) electrons. The third-order valence-corrected chi connectivity index (χ3v) is 0.922. The topological polar surface area (TPSA) is 73.3 Å². The van der Waals surface area contributed by atoms with Gasteiger partial charge in [0.1, 0.15) is 5.84 Å². The standard InChI is InChI=1S/C5H13N3O/c1-8(2-3-9)4-5(6)7/h9H,2-4H2,1H3,(H3,6,7). The molecular formula is C5H13N3O. The lowest BCUT2D eigenvalue weighted by atomic mass is 10.5. The summed E-state index contributed by atoms with van der Waals surface area (Å²) in [6.07, 6.45) is 0. The van der Waals surface area contributed by atoms with Gasteiger partial charge in [-0.3, -0.25) is 10.3 Å². The number of hydrogen-bond acceptors (Lipinski definition) is 3. The van der Waals surface area contributed by atoms with E-state index < -0.39 is 0 Å². The van der Waals surface area contributed by atoms with Gasteiger partial charge < -0.3 is 10.8 Å². The summed E-state index contributed by atoms with van der Waals surface area (Å²) < 4.78 is 0. The lowest BCUT2D eigenvalue weighted by molar-refractivity contribution is 0.235. The maximum absolute atomic E-state index is 8.40. The number of nitrogens with zero attached hydrogens (tertiary/aromatic N) is 1.